The largest absolute Gasteiger partial charge is 0.340 e. The average Bonchev–Trinajstić information content (AvgIpc) is 2.71. The number of nitrogens with one attached hydrogen (secondary N) is 2. The van der Waals surface area contributed by atoms with E-state index < -0.39 is 0 Å². The van der Waals surface area contributed by atoms with E-state index in [1.54, 1.807) is 24.5 Å². The lowest BCUT2D eigenvalue weighted by molar-refractivity contribution is 0.102. The molecule has 138 valence electrons. The van der Waals surface area contributed by atoms with Crippen LogP contribution < -0.4 is 10.6 Å². The van der Waals surface area contributed by atoms with E-state index in [0.717, 1.165) is 22.2 Å². The van der Waals surface area contributed by atoms with E-state index in [0.29, 0.717) is 22.1 Å². The molecule has 6 heteroatoms. The molecule has 28 heavy (non-hydrogen) atoms. The Morgan fingerprint density at radius 2 is 1.79 bits per heavy atom. The molecule has 0 saturated heterocycles. The standard InChI is InChI=1S/C22H17ClN4O/c1-14-7-8-17(23)13-19(14)26-20-12-16(9-11-24-20)22(28)27-18-6-2-4-15-5-3-10-25-21(15)18/h2-13H,1H3,(H,24,26)(H,27,28). The molecule has 4 aromatic rings. The number of carbonyl (C=O) groups excluding carboxylic acids is 1. The number of aryl methyl sites for hydroxylation is 1. The van der Waals surface area contributed by atoms with Crippen molar-refractivity contribution < 1.29 is 4.79 Å². The summed E-state index contributed by atoms with van der Waals surface area (Å²) in [5.74, 6) is 0.334. The summed E-state index contributed by atoms with van der Waals surface area (Å²) >= 11 is 6.07. The van der Waals surface area contributed by atoms with E-state index in [-0.39, 0.29) is 5.91 Å². The average molecular weight is 389 g/mol. The molecule has 0 fully saturated rings. The fourth-order valence-electron chi connectivity index (χ4n) is 2.91. The maximum atomic E-state index is 12.8. The van der Waals surface area contributed by atoms with Crippen molar-refractivity contribution in [1.82, 2.24) is 9.97 Å². The number of benzene rings is 2. The fourth-order valence-corrected chi connectivity index (χ4v) is 3.08. The van der Waals surface area contributed by atoms with E-state index >= 15 is 0 Å². The summed E-state index contributed by atoms with van der Waals surface area (Å²) in [6, 6.07) is 18.5. The minimum absolute atomic E-state index is 0.230. The van der Waals surface area contributed by atoms with Crippen LogP contribution in [0.1, 0.15) is 15.9 Å². The molecule has 2 heterocycles. The van der Waals surface area contributed by atoms with Gasteiger partial charge >= 0.3 is 0 Å². The number of hydrogen-bond donors (Lipinski definition) is 2. The number of amides is 1. The number of pyridine rings is 2. The first kappa shape index (κ1) is 17.9. The zero-order chi connectivity index (χ0) is 19.5. The van der Waals surface area contributed by atoms with Crippen molar-refractivity contribution in [1.29, 1.82) is 0 Å². The van der Waals surface area contributed by atoms with Gasteiger partial charge in [0.25, 0.3) is 5.91 Å². The number of fused-ring (bicyclic) bond motifs is 1. The van der Waals surface area contributed by atoms with Crippen molar-refractivity contribution in [3.63, 3.8) is 0 Å². The molecule has 0 atom stereocenters. The van der Waals surface area contributed by atoms with Crippen LogP contribution in [-0.4, -0.2) is 15.9 Å². The molecule has 2 N–H and O–H groups in total. The summed E-state index contributed by atoms with van der Waals surface area (Å²) in [5.41, 5.74) is 3.78. The molecule has 0 aliphatic heterocycles. The van der Waals surface area contributed by atoms with Crippen LogP contribution in [0.3, 0.4) is 0 Å². The monoisotopic (exact) mass is 388 g/mol. The molecule has 0 aliphatic rings. The minimum atomic E-state index is -0.230. The van der Waals surface area contributed by atoms with E-state index in [1.807, 2.05) is 55.5 Å². The summed E-state index contributed by atoms with van der Waals surface area (Å²) in [6.45, 7) is 1.97. The van der Waals surface area contributed by atoms with Gasteiger partial charge in [-0.25, -0.2) is 4.98 Å². The lowest BCUT2D eigenvalue weighted by Gasteiger charge is -2.11. The van der Waals surface area contributed by atoms with Gasteiger partial charge in [0.2, 0.25) is 0 Å². The number of hydrogen-bond acceptors (Lipinski definition) is 4. The molecule has 5 nitrogen and oxygen atoms in total. The molecule has 0 unspecified atom stereocenters. The Balaban J connectivity index is 1.58. The van der Waals surface area contributed by atoms with Gasteiger partial charge in [-0.1, -0.05) is 35.9 Å². The first-order valence-electron chi connectivity index (χ1n) is 8.74. The van der Waals surface area contributed by atoms with Crippen molar-refractivity contribution in [2.45, 2.75) is 6.92 Å². The van der Waals surface area contributed by atoms with E-state index in [2.05, 4.69) is 20.6 Å². The lowest BCUT2D eigenvalue weighted by Crippen LogP contribution is -2.13. The van der Waals surface area contributed by atoms with Gasteiger partial charge in [0.1, 0.15) is 5.82 Å². The molecule has 0 radical (unpaired) electrons. The molecule has 2 aromatic carbocycles. The molecule has 2 aromatic heterocycles. The Morgan fingerprint density at radius 3 is 2.68 bits per heavy atom. The normalized spacial score (nSPS) is 10.6. The predicted molar refractivity (Wildman–Crippen MR) is 113 cm³/mol. The zero-order valence-corrected chi connectivity index (χ0v) is 15.9. The molecular formula is C22H17ClN4O. The molecule has 1 amide bonds. The van der Waals surface area contributed by atoms with E-state index in [4.69, 9.17) is 11.6 Å². The Bertz CT molecular complexity index is 1170. The Hall–Kier alpha value is -3.44. The Morgan fingerprint density at radius 1 is 0.929 bits per heavy atom. The van der Waals surface area contributed by atoms with Gasteiger partial charge in [0.15, 0.2) is 0 Å². The third-order valence-corrected chi connectivity index (χ3v) is 4.60. The van der Waals surface area contributed by atoms with Crippen molar-refractivity contribution >= 4 is 45.6 Å². The quantitative estimate of drug-likeness (QED) is 0.478. The number of aromatic nitrogens is 2. The van der Waals surface area contributed by atoms with Gasteiger partial charge in [0, 0.05) is 34.1 Å². The van der Waals surface area contributed by atoms with Crippen LogP contribution in [0.5, 0.6) is 0 Å². The number of carbonyl (C=O) groups is 1. The smallest absolute Gasteiger partial charge is 0.255 e. The predicted octanol–water partition coefficient (Wildman–Crippen LogP) is 5.59. The lowest BCUT2D eigenvalue weighted by atomic mass is 10.1. The molecule has 4 rings (SSSR count). The summed E-state index contributed by atoms with van der Waals surface area (Å²) in [5, 5.41) is 7.75. The number of para-hydroxylation sites is 1. The number of nitrogens with zero attached hydrogens (tertiary/aromatic N) is 2. The van der Waals surface area contributed by atoms with Gasteiger partial charge in [-0.05, 0) is 48.9 Å². The topological polar surface area (TPSA) is 66.9 Å². The van der Waals surface area contributed by atoms with Crippen LogP contribution >= 0.6 is 11.6 Å². The van der Waals surface area contributed by atoms with Gasteiger partial charge in [0.05, 0.1) is 11.2 Å². The Kier molecular flexibility index (Phi) is 4.91. The van der Waals surface area contributed by atoms with Crippen molar-refractivity contribution in [2.24, 2.45) is 0 Å². The first-order chi connectivity index (χ1) is 13.6. The maximum absolute atomic E-state index is 12.8. The third kappa shape index (κ3) is 3.80. The van der Waals surface area contributed by atoms with Crippen molar-refractivity contribution in [3.05, 3.63) is 89.2 Å². The van der Waals surface area contributed by atoms with Gasteiger partial charge < -0.3 is 10.6 Å². The summed E-state index contributed by atoms with van der Waals surface area (Å²) in [4.78, 5) is 21.4. The SMILES string of the molecule is Cc1ccc(Cl)cc1Nc1cc(C(=O)Nc2cccc3cccnc23)ccn1. The highest BCUT2D eigenvalue weighted by Gasteiger charge is 2.11. The van der Waals surface area contributed by atoms with Crippen LogP contribution in [0.25, 0.3) is 10.9 Å². The van der Waals surface area contributed by atoms with E-state index in [1.165, 1.54) is 0 Å². The molecule has 0 spiro atoms. The van der Waals surface area contributed by atoms with Crippen LogP contribution in [0.4, 0.5) is 17.2 Å². The molecule has 0 saturated carbocycles. The van der Waals surface area contributed by atoms with Gasteiger partial charge in [-0.2, -0.15) is 0 Å². The van der Waals surface area contributed by atoms with Crippen LogP contribution in [0.2, 0.25) is 5.02 Å². The highest BCUT2D eigenvalue weighted by Crippen LogP contribution is 2.24. The van der Waals surface area contributed by atoms with E-state index in [9.17, 15) is 4.79 Å². The second-order valence-corrected chi connectivity index (χ2v) is 6.79. The summed E-state index contributed by atoms with van der Waals surface area (Å²) < 4.78 is 0. The van der Waals surface area contributed by atoms with Crippen LogP contribution in [0, 0.1) is 6.92 Å². The molecule has 0 bridgehead atoms. The molecular weight excluding hydrogens is 372 g/mol. The first-order valence-corrected chi connectivity index (χ1v) is 9.12. The fraction of sp³-hybridized carbons (Fsp3) is 0.0455. The van der Waals surface area contributed by atoms with Crippen LogP contribution in [0.15, 0.2) is 73.1 Å². The second-order valence-electron chi connectivity index (χ2n) is 6.35. The van der Waals surface area contributed by atoms with Gasteiger partial charge in [-0.3, -0.25) is 9.78 Å². The van der Waals surface area contributed by atoms with Gasteiger partial charge in [-0.15, -0.1) is 0 Å². The Labute approximate surface area is 167 Å². The van der Waals surface area contributed by atoms with Crippen molar-refractivity contribution in [2.75, 3.05) is 10.6 Å². The number of rotatable bonds is 4. The highest BCUT2D eigenvalue weighted by molar-refractivity contribution is 6.30. The van der Waals surface area contributed by atoms with Crippen molar-refractivity contribution in [3.8, 4) is 0 Å². The highest BCUT2D eigenvalue weighted by atomic mass is 35.5. The number of halogens is 1. The summed E-state index contributed by atoms with van der Waals surface area (Å²) in [6.07, 6.45) is 3.30. The summed E-state index contributed by atoms with van der Waals surface area (Å²) in [7, 11) is 0. The maximum Gasteiger partial charge on any atom is 0.255 e. The zero-order valence-electron chi connectivity index (χ0n) is 15.1. The van der Waals surface area contributed by atoms with Crippen LogP contribution in [-0.2, 0) is 0 Å². The third-order valence-electron chi connectivity index (χ3n) is 4.37. The minimum Gasteiger partial charge on any atom is -0.340 e. The molecule has 0 aliphatic carbocycles. The second kappa shape index (κ2) is 7.66. The number of anilines is 3.